The lowest BCUT2D eigenvalue weighted by atomic mass is 10.2. The molecule has 1 amide bonds. The number of carbonyl (C=O) groups is 1. The van der Waals surface area contributed by atoms with Gasteiger partial charge in [0, 0.05) is 31.2 Å². The highest BCUT2D eigenvalue weighted by atomic mass is 16.1. The van der Waals surface area contributed by atoms with Crippen LogP contribution < -0.4 is 5.32 Å². The summed E-state index contributed by atoms with van der Waals surface area (Å²) in [5.41, 5.74) is 1.64. The summed E-state index contributed by atoms with van der Waals surface area (Å²) in [6.45, 7) is 3.19. The molecule has 1 heterocycles. The van der Waals surface area contributed by atoms with Crippen LogP contribution in [0.5, 0.6) is 0 Å². The van der Waals surface area contributed by atoms with E-state index in [1.165, 1.54) is 0 Å². The molecule has 0 saturated heterocycles. The molecule has 18 heavy (non-hydrogen) atoms. The van der Waals surface area contributed by atoms with Crippen LogP contribution in [-0.2, 0) is 11.3 Å². The number of aromatic nitrogens is 1. The minimum atomic E-state index is 0.0517. The predicted molar refractivity (Wildman–Crippen MR) is 70.0 cm³/mol. The zero-order chi connectivity index (χ0) is 13.0. The first-order valence-electron chi connectivity index (χ1n) is 6.00. The zero-order valence-electron chi connectivity index (χ0n) is 10.3. The van der Waals surface area contributed by atoms with Crippen molar-refractivity contribution in [3.8, 4) is 6.07 Å². The van der Waals surface area contributed by atoms with Crippen molar-refractivity contribution in [1.82, 2.24) is 9.88 Å². The molecule has 92 valence electrons. The lowest BCUT2D eigenvalue weighted by Crippen LogP contribution is -2.23. The first-order chi connectivity index (χ1) is 8.74. The van der Waals surface area contributed by atoms with Crippen LogP contribution in [0.25, 0.3) is 10.9 Å². The molecule has 0 unspecified atom stereocenters. The van der Waals surface area contributed by atoms with E-state index < -0.39 is 0 Å². The van der Waals surface area contributed by atoms with E-state index in [0.717, 1.165) is 10.9 Å². The average Bonchev–Trinajstić information content (AvgIpc) is 2.79. The van der Waals surface area contributed by atoms with Crippen LogP contribution in [0.2, 0.25) is 0 Å². The molecule has 0 atom stereocenters. The second-order valence-corrected chi connectivity index (χ2v) is 4.10. The molecular formula is C14H15N3O. The molecule has 0 aliphatic heterocycles. The van der Waals surface area contributed by atoms with Gasteiger partial charge < -0.3 is 9.88 Å². The number of amides is 1. The first kappa shape index (κ1) is 12.2. The van der Waals surface area contributed by atoms with E-state index >= 15 is 0 Å². The summed E-state index contributed by atoms with van der Waals surface area (Å²) < 4.78 is 2.01. The summed E-state index contributed by atoms with van der Waals surface area (Å²) in [6, 6.07) is 9.71. The van der Waals surface area contributed by atoms with Crippen molar-refractivity contribution >= 4 is 16.8 Å². The Bertz CT molecular complexity index is 607. The quantitative estimate of drug-likeness (QED) is 0.890. The van der Waals surface area contributed by atoms with Gasteiger partial charge in [-0.25, -0.2) is 0 Å². The number of nitrogens with zero attached hydrogens (tertiary/aromatic N) is 2. The third-order valence-corrected chi connectivity index (χ3v) is 2.86. The number of aryl methyl sites for hydroxylation is 1. The maximum Gasteiger partial charge on any atom is 0.221 e. The Morgan fingerprint density at radius 2 is 2.28 bits per heavy atom. The van der Waals surface area contributed by atoms with Gasteiger partial charge in [-0.2, -0.15) is 5.26 Å². The van der Waals surface area contributed by atoms with E-state index in [2.05, 4.69) is 11.4 Å². The van der Waals surface area contributed by atoms with Crippen molar-refractivity contribution in [2.45, 2.75) is 19.9 Å². The maximum atomic E-state index is 11.4. The number of fused-ring (bicyclic) bond motifs is 1. The minimum absolute atomic E-state index is 0.0517. The summed E-state index contributed by atoms with van der Waals surface area (Å²) in [4.78, 5) is 11.4. The van der Waals surface area contributed by atoms with Crippen LogP contribution in [0.15, 0.2) is 30.5 Å². The molecule has 1 aromatic heterocycles. The van der Waals surface area contributed by atoms with Crippen LogP contribution in [-0.4, -0.2) is 17.0 Å². The molecule has 2 aromatic rings. The number of hydrogen-bond donors (Lipinski definition) is 1. The van der Waals surface area contributed by atoms with Crippen LogP contribution >= 0.6 is 0 Å². The van der Waals surface area contributed by atoms with Crippen molar-refractivity contribution in [2.75, 3.05) is 6.54 Å². The van der Waals surface area contributed by atoms with Gasteiger partial charge in [0.15, 0.2) is 0 Å². The highest BCUT2D eigenvalue weighted by molar-refractivity contribution is 5.82. The van der Waals surface area contributed by atoms with Crippen LogP contribution in [0.1, 0.15) is 18.9 Å². The van der Waals surface area contributed by atoms with Gasteiger partial charge >= 0.3 is 0 Å². The van der Waals surface area contributed by atoms with Gasteiger partial charge in [-0.1, -0.05) is 6.07 Å². The molecule has 0 aliphatic carbocycles. The summed E-state index contributed by atoms with van der Waals surface area (Å²) >= 11 is 0. The Morgan fingerprint density at radius 3 is 3.00 bits per heavy atom. The third-order valence-electron chi connectivity index (χ3n) is 2.86. The topological polar surface area (TPSA) is 57.8 Å². The third kappa shape index (κ3) is 2.51. The Labute approximate surface area is 106 Å². The predicted octanol–water partition coefficient (Wildman–Crippen LogP) is 2.04. The summed E-state index contributed by atoms with van der Waals surface area (Å²) in [7, 11) is 0. The first-order valence-corrected chi connectivity index (χ1v) is 6.00. The van der Waals surface area contributed by atoms with Gasteiger partial charge in [0.05, 0.1) is 11.6 Å². The molecule has 0 bridgehead atoms. The maximum absolute atomic E-state index is 11.4. The van der Waals surface area contributed by atoms with Gasteiger partial charge in [0.2, 0.25) is 5.91 Å². The number of carbonyl (C=O) groups excluding carboxylic acids is 1. The van der Waals surface area contributed by atoms with E-state index in [1.54, 1.807) is 6.07 Å². The Balaban J connectivity index is 2.18. The fourth-order valence-electron chi connectivity index (χ4n) is 1.96. The molecule has 1 N–H and O–H groups in total. The van der Waals surface area contributed by atoms with E-state index in [0.29, 0.717) is 25.1 Å². The van der Waals surface area contributed by atoms with E-state index in [1.807, 2.05) is 35.9 Å². The number of rotatable bonds is 4. The molecule has 4 nitrogen and oxygen atoms in total. The molecule has 0 saturated carbocycles. The van der Waals surface area contributed by atoms with Crippen molar-refractivity contribution in [3.63, 3.8) is 0 Å². The van der Waals surface area contributed by atoms with Gasteiger partial charge in [0.25, 0.3) is 0 Å². The molecular weight excluding hydrogens is 226 g/mol. The van der Waals surface area contributed by atoms with Crippen molar-refractivity contribution in [2.24, 2.45) is 0 Å². The second kappa shape index (κ2) is 5.37. The van der Waals surface area contributed by atoms with Crippen molar-refractivity contribution in [3.05, 3.63) is 36.0 Å². The van der Waals surface area contributed by atoms with Gasteiger partial charge in [0.1, 0.15) is 0 Å². The van der Waals surface area contributed by atoms with Crippen molar-refractivity contribution < 1.29 is 4.79 Å². The highest BCUT2D eigenvalue weighted by Gasteiger charge is 2.04. The number of benzene rings is 1. The van der Waals surface area contributed by atoms with Crippen LogP contribution in [0.3, 0.4) is 0 Å². The number of nitrogens with one attached hydrogen (secondary N) is 1. The van der Waals surface area contributed by atoms with Crippen LogP contribution in [0, 0.1) is 11.3 Å². The molecule has 0 aliphatic rings. The summed E-state index contributed by atoms with van der Waals surface area (Å²) in [5, 5.41) is 12.8. The monoisotopic (exact) mass is 241 g/mol. The molecule has 2 rings (SSSR count). The number of hydrogen-bond acceptors (Lipinski definition) is 2. The molecule has 0 radical (unpaired) electrons. The van der Waals surface area contributed by atoms with E-state index in [-0.39, 0.29) is 5.91 Å². The Kier molecular flexibility index (Phi) is 3.63. The average molecular weight is 241 g/mol. The molecule has 1 aromatic carbocycles. The Hall–Kier alpha value is -2.28. The smallest absolute Gasteiger partial charge is 0.221 e. The normalized spacial score (nSPS) is 10.2. The summed E-state index contributed by atoms with van der Waals surface area (Å²) in [5.74, 6) is 0.0517. The van der Waals surface area contributed by atoms with E-state index in [9.17, 15) is 4.79 Å². The standard InChI is InChI=1S/C14H15N3O/c1-2-16-14(18)6-8-17-7-5-12-4-3-11(10-15)9-13(12)17/h3-5,7,9H,2,6,8H2,1H3,(H,16,18). The van der Waals surface area contributed by atoms with Gasteiger partial charge in [-0.3, -0.25) is 4.79 Å². The molecule has 0 fully saturated rings. The fourth-order valence-corrected chi connectivity index (χ4v) is 1.96. The minimum Gasteiger partial charge on any atom is -0.356 e. The zero-order valence-corrected chi connectivity index (χ0v) is 10.3. The fraction of sp³-hybridized carbons (Fsp3) is 0.286. The van der Waals surface area contributed by atoms with Crippen molar-refractivity contribution in [1.29, 1.82) is 5.26 Å². The number of nitriles is 1. The van der Waals surface area contributed by atoms with Gasteiger partial charge in [-0.15, -0.1) is 0 Å². The highest BCUT2D eigenvalue weighted by Crippen LogP contribution is 2.17. The van der Waals surface area contributed by atoms with E-state index in [4.69, 9.17) is 5.26 Å². The lowest BCUT2D eigenvalue weighted by molar-refractivity contribution is -0.121. The second-order valence-electron chi connectivity index (χ2n) is 4.10. The molecule has 0 spiro atoms. The largest absolute Gasteiger partial charge is 0.356 e. The molecule has 4 heteroatoms. The lowest BCUT2D eigenvalue weighted by Gasteiger charge is -2.05. The van der Waals surface area contributed by atoms with Crippen LogP contribution in [0.4, 0.5) is 0 Å². The summed E-state index contributed by atoms with van der Waals surface area (Å²) in [6.07, 6.45) is 2.40. The SMILES string of the molecule is CCNC(=O)CCn1ccc2ccc(C#N)cc21. The Morgan fingerprint density at radius 1 is 1.44 bits per heavy atom. The van der Waals surface area contributed by atoms with Gasteiger partial charge in [-0.05, 0) is 30.5 Å².